The van der Waals surface area contributed by atoms with Gasteiger partial charge in [-0.2, -0.15) is 0 Å². The van der Waals surface area contributed by atoms with Crippen LogP contribution in [0, 0.1) is 13.7 Å². The van der Waals surface area contributed by atoms with Gasteiger partial charge in [0.2, 0.25) is 0 Å². The number of halogens is 3. The monoisotopic (exact) mass is 328 g/mol. The van der Waals surface area contributed by atoms with Gasteiger partial charge in [0.1, 0.15) is 17.5 Å². The van der Waals surface area contributed by atoms with Gasteiger partial charge in [-0.3, -0.25) is 14.9 Å². The highest BCUT2D eigenvalue weighted by Crippen LogP contribution is 2.33. The lowest BCUT2D eigenvalue weighted by molar-refractivity contribution is -0.386. The predicted octanol–water partition coefficient (Wildman–Crippen LogP) is 2.34. The minimum absolute atomic E-state index is 0.188. The summed E-state index contributed by atoms with van der Waals surface area (Å²) in [5, 5.41) is 10.4. The molecule has 0 aliphatic rings. The molecule has 0 radical (unpaired) electrons. The molecule has 80 valence electrons. The number of carbonyl (C=O) groups excluding carboxylic acids is 1. The molecule has 0 atom stereocenters. The second kappa shape index (κ2) is 4.55. The topological polar surface area (TPSA) is 73.1 Å². The van der Waals surface area contributed by atoms with Crippen molar-refractivity contribution in [2.24, 2.45) is 0 Å². The number of alkyl halides is 2. The van der Waals surface area contributed by atoms with E-state index >= 15 is 0 Å². The Kier molecular flexibility index (Phi) is 3.61. The Bertz CT molecular complexity index is 425. The van der Waals surface area contributed by atoms with E-state index in [1.165, 1.54) is 22.6 Å². The Morgan fingerprint density at radius 2 is 2.20 bits per heavy atom. The maximum absolute atomic E-state index is 12.5. The number of hydrogen-bond acceptors (Lipinski definition) is 4. The van der Waals surface area contributed by atoms with Crippen molar-refractivity contribution in [1.29, 1.82) is 0 Å². The third-order valence-corrected chi connectivity index (χ3v) is 2.72. The molecular formula is C7H3F2IN2O3. The van der Waals surface area contributed by atoms with Gasteiger partial charge in [0.05, 0.1) is 8.49 Å². The van der Waals surface area contributed by atoms with E-state index in [0.29, 0.717) is 6.20 Å². The molecule has 0 spiro atoms. The largest absolute Gasteiger partial charge is 0.297 e. The molecule has 0 aliphatic carbocycles. The average molecular weight is 328 g/mol. The molecule has 0 amide bonds. The fourth-order valence-electron chi connectivity index (χ4n) is 0.943. The first-order valence-electron chi connectivity index (χ1n) is 3.55. The van der Waals surface area contributed by atoms with Gasteiger partial charge in [-0.1, -0.05) is 0 Å². The van der Waals surface area contributed by atoms with Crippen LogP contribution in [0.25, 0.3) is 0 Å². The van der Waals surface area contributed by atoms with E-state index in [1.807, 2.05) is 0 Å². The molecule has 1 rings (SSSR count). The minimum atomic E-state index is -3.01. The van der Waals surface area contributed by atoms with Gasteiger partial charge in [-0.05, 0) is 22.6 Å². The van der Waals surface area contributed by atoms with Gasteiger partial charge < -0.3 is 0 Å². The SMILES string of the molecule is O=Cc1ncc([N+](=O)[O-])c(C(F)F)c1I. The van der Waals surface area contributed by atoms with Crippen molar-refractivity contribution in [2.75, 3.05) is 0 Å². The molecule has 0 saturated carbocycles. The summed E-state index contributed by atoms with van der Waals surface area (Å²) in [6.07, 6.45) is -2.08. The number of nitrogens with zero attached hydrogens (tertiary/aromatic N) is 2. The van der Waals surface area contributed by atoms with Crippen molar-refractivity contribution in [3.05, 3.63) is 31.1 Å². The fraction of sp³-hybridized carbons (Fsp3) is 0.143. The van der Waals surface area contributed by atoms with Gasteiger partial charge in [0.15, 0.2) is 6.29 Å². The molecule has 5 nitrogen and oxygen atoms in total. The second-order valence-electron chi connectivity index (χ2n) is 2.43. The molecule has 15 heavy (non-hydrogen) atoms. The number of hydrogen-bond donors (Lipinski definition) is 0. The van der Waals surface area contributed by atoms with E-state index in [1.54, 1.807) is 0 Å². The summed E-state index contributed by atoms with van der Waals surface area (Å²) in [7, 11) is 0. The van der Waals surface area contributed by atoms with Crippen molar-refractivity contribution in [3.63, 3.8) is 0 Å². The molecule has 0 fully saturated rings. The van der Waals surface area contributed by atoms with Gasteiger partial charge in [0, 0.05) is 0 Å². The van der Waals surface area contributed by atoms with E-state index < -0.39 is 22.6 Å². The number of aldehydes is 1. The highest BCUT2D eigenvalue weighted by molar-refractivity contribution is 14.1. The molecule has 8 heteroatoms. The molecule has 0 N–H and O–H groups in total. The Morgan fingerprint density at radius 1 is 1.60 bits per heavy atom. The van der Waals surface area contributed by atoms with Crippen LogP contribution in [0.2, 0.25) is 0 Å². The zero-order valence-electron chi connectivity index (χ0n) is 6.99. The summed E-state index contributed by atoms with van der Waals surface area (Å²) in [4.78, 5) is 23.3. The van der Waals surface area contributed by atoms with Gasteiger partial charge in [-0.25, -0.2) is 13.8 Å². The van der Waals surface area contributed by atoms with Crippen molar-refractivity contribution in [2.45, 2.75) is 6.43 Å². The van der Waals surface area contributed by atoms with E-state index in [4.69, 9.17) is 0 Å². The van der Waals surface area contributed by atoms with Gasteiger partial charge in [0.25, 0.3) is 12.1 Å². The fourth-order valence-corrected chi connectivity index (χ4v) is 1.72. The van der Waals surface area contributed by atoms with Crippen LogP contribution >= 0.6 is 22.6 Å². The first-order valence-corrected chi connectivity index (χ1v) is 4.63. The maximum Gasteiger partial charge on any atom is 0.297 e. The predicted molar refractivity (Wildman–Crippen MR) is 54.0 cm³/mol. The number of pyridine rings is 1. The maximum atomic E-state index is 12.5. The molecule has 0 unspecified atom stereocenters. The van der Waals surface area contributed by atoms with Crippen molar-refractivity contribution in [1.82, 2.24) is 4.98 Å². The third kappa shape index (κ3) is 2.25. The molecule has 1 aromatic rings. The number of carbonyl (C=O) groups is 1. The number of nitro groups is 1. The zero-order chi connectivity index (χ0) is 11.6. The number of aromatic nitrogens is 1. The molecule has 0 aliphatic heterocycles. The Balaban J connectivity index is 3.51. The minimum Gasteiger partial charge on any atom is -0.296 e. The molecule has 1 aromatic heterocycles. The van der Waals surface area contributed by atoms with Crippen LogP contribution in [0.3, 0.4) is 0 Å². The summed E-state index contributed by atoms with van der Waals surface area (Å²) in [5.41, 5.74) is -1.77. The lowest BCUT2D eigenvalue weighted by Crippen LogP contribution is -2.04. The van der Waals surface area contributed by atoms with E-state index in [2.05, 4.69) is 4.98 Å². The second-order valence-corrected chi connectivity index (χ2v) is 3.51. The lowest BCUT2D eigenvalue weighted by atomic mass is 10.2. The Hall–Kier alpha value is -1.19. The van der Waals surface area contributed by atoms with Crippen LogP contribution in [-0.4, -0.2) is 16.2 Å². The third-order valence-electron chi connectivity index (χ3n) is 1.59. The molecular weight excluding hydrogens is 325 g/mol. The van der Waals surface area contributed by atoms with Gasteiger partial charge >= 0.3 is 0 Å². The van der Waals surface area contributed by atoms with Crippen molar-refractivity contribution in [3.8, 4) is 0 Å². The van der Waals surface area contributed by atoms with E-state index in [9.17, 15) is 23.7 Å². The van der Waals surface area contributed by atoms with Crippen LogP contribution in [0.4, 0.5) is 14.5 Å². The Labute approximate surface area is 95.8 Å². The quantitative estimate of drug-likeness (QED) is 0.369. The van der Waals surface area contributed by atoms with Crippen LogP contribution in [-0.2, 0) is 0 Å². The molecule has 1 heterocycles. The summed E-state index contributed by atoms with van der Waals surface area (Å²) >= 11 is 1.44. The summed E-state index contributed by atoms with van der Waals surface area (Å²) in [6, 6.07) is 0. The number of rotatable bonds is 3. The smallest absolute Gasteiger partial charge is 0.296 e. The van der Waals surface area contributed by atoms with E-state index in [-0.39, 0.29) is 15.6 Å². The van der Waals surface area contributed by atoms with Crippen LogP contribution in [0.5, 0.6) is 0 Å². The summed E-state index contributed by atoms with van der Waals surface area (Å²) < 4.78 is 24.8. The zero-order valence-corrected chi connectivity index (χ0v) is 9.14. The van der Waals surface area contributed by atoms with Gasteiger partial charge in [-0.15, -0.1) is 0 Å². The summed E-state index contributed by atoms with van der Waals surface area (Å²) in [6.45, 7) is 0. The lowest BCUT2D eigenvalue weighted by Gasteiger charge is -2.05. The van der Waals surface area contributed by atoms with Crippen LogP contribution < -0.4 is 0 Å². The van der Waals surface area contributed by atoms with Crippen LogP contribution in [0.15, 0.2) is 6.20 Å². The van der Waals surface area contributed by atoms with Crippen molar-refractivity contribution < 1.29 is 18.5 Å². The first kappa shape index (κ1) is 11.9. The summed E-state index contributed by atoms with van der Waals surface area (Å²) in [5.74, 6) is 0. The standard InChI is InChI=1S/C7H3F2IN2O3/c8-7(9)5-4(12(14)15)1-11-3(2-13)6(5)10/h1-2,7H. The Morgan fingerprint density at radius 3 is 2.60 bits per heavy atom. The molecule has 0 aromatic carbocycles. The molecule has 0 bridgehead atoms. The average Bonchev–Trinajstić information content (AvgIpc) is 2.16. The van der Waals surface area contributed by atoms with Crippen LogP contribution in [0.1, 0.15) is 22.5 Å². The molecule has 0 saturated heterocycles. The highest BCUT2D eigenvalue weighted by Gasteiger charge is 2.27. The van der Waals surface area contributed by atoms with Crippen molar-refractivity contribution >= 4 is 34.6 Å². The van der Waals surface area contributed by atoms with E-state index in [0.717, 1.165) is 0 Å². The normalized spacial score (nSPS) is 10.4. The highest BCUT2D eigenvalue weighted by atomic mass is 127. The first-order chi connectivity index (χ1) is 6.99.